The van der Waals surface area contributed by atoms with E-state index in [0.29, 0.717) is 18.4 Å². The van der Waals surface area contributed by atoms with Crippen molar-refractivity contribution < 1.29 is 9.53 Å². The Morgan fingerprint density at radius 1 is 1.33 bits per heavy atom. The minimum absolute atomic E-state index is 0.0127. The van der Waals surface area contributed by atoms with Crippen LogP contribution in [0.2, 0.25) is 0 Å². The van der Waals surface area contributed by atoms with Crippen LogP contribution >= 0.6 is 0 Å². The second-order valence-corrected chi connectivity index (χ2v) is 3.15. The van der Waals surface area contributed by atoms with Gasteiger partial charge in [0.2, 0.25) is 0 Å². The molecule has 0 aromatic rings. The van der Waals surface area contributed by atoms with Gasteiger partial charge in [0, 0.05) is 0 Å². The predicted octanol–water partition coefficient (Wildman–Crippen LogP) is 1.10. The SMILES string of the molecule is O=C1CC2(CCO1)CC2. The van der Waals surface area contributed by atoms with Crippen LogP contribution in [0.1, 0.15) is 25.7 Å². The second kappa shape index (κ2) is 1.49. The summed E-state index contributed by atoms with van der Waals surface area (Å²) < 4.78 is 4.81. The van der Waals surface area contributed by atoms with Crippen LogP contribution in [0.15, 0.2) is 0 Å². The van der Waals surface area contributed by atoms with Crippen molar-refractivity contribution in [1.29, 1.82) is 0 Å². The van der Waals surface area contributed by atoms with Crippen molar-refractivity contribution in [2.75, 3.05) is 6.61 Å². The molecule has 1 aliphatic heterocycles. The lowest BCUT2D eigenvalue weighted by Crippen LogP contribution is -2.21. The molecule has 1 aliphatic carbocycles. The van der Waals surface area contributed by atoms with Gasteiger partial charge in [-0.15, -0.1) is 0 Å². The Morgan fingerprint density at radius 2 is 2.11 bits per heavy atom. The smallest absolute Gasteiger partial charge is 0.306 e. The molecular formula is C7H10O2. The van der Waals surface area contributed by atoms with Crippen molar-refractivity contribution >= 4 is 5.97 Å². The molecule has 2 rings (SSSR count). The number of carbonyl (C=O) groups is 1. The van der Waals surface area contributed by atoms with E-state index in [1.165, 1.54) is 12.8 Å². The molecule has 50 valence electrons. The lowest BCUT2D eigenvalue weighted by atomic mass is 9.97. The molecule has 0 N–H and O–H groups in total. The Labute approximate surface area is 54.2 Å². The number of carbonyl (C=O) groups excluding carboxylic acids is 1. The lowest BCUT2D eigenvalue weighted by molar-refractivity contribution is -0.149. The molecule has 2 nitrogen and oxygen atoms in total. The zero-order valence-electron chi connectivity index (χ0n) is 5.35. The van der Waals surface area contributed by atoms with Crippen molar-refractivity contribution in [1.82, 2.24) is 0 Å². The summed E-state index contributed by atoms with van der Waals surface area (Å²) >= 11 is 0. The molecule has 1 heterocycles. The van der Waals surface area contributed by atoms with Crippen LogP contribution in [-0.2, 0) is 9.53 Å². The number of ether oxygens (including phenoxy) is 1. The standard InChI is InChI=1S/C7H10O2/c8-6-5-7(1-2-7)3-4-9-6/h1-5H2. The number of rotatable bonds is 0. The fourth-order valence-electron chi connectivity index (χ4n) is 1.43. The molecule has 1 saturated carbocycles. The van der Waals surface area contributed by atoms with Gasteiger partial charge in [-0.2, -0.15) is 0 Å². The molecule has 0 aromatic carbocycles. The summed E-state index contributed by atoms with van der Waals surface area (Å²) in [5.74, 6) is 0.0127. The van der Waals surface area contributed by atoms with Gasteiger partial charge in [0.05, 0.1) is 13.0 Å². The Hall–Kier alpha value is -0.530. The van der Waals surface area contributed by atoms with Gasteiger partial charge in [-0.05, 0) is 24.7 Å². The maximum Gasteiger partial charge on any atom is 0.306 e. The van der Waals surface area contributed by atoms with Crippen LogP contribution in [-0.4, -0.2) is 12.6 Å². The van der Waals surface area contributed by atoms with Gasteiger partial charge in [0.15, 0.2) is 0 Å². The molecule has 2 fully saturated rings. The van der Waals surface area contributed by atoms with E-state index in [0.717, 1.165) is 6.42 Å². The van der Waals surface area contributed by atoms with E-state index >= 15 is 0 Å². The van der Waals surface area contributed by atoms with E-state index in [1.54, 1.807) is 0 Å². The summed E-state index contributed by atoms with van der Waals surface area (Å²) in [6.45, 7) is 0.666. The average Bonchev–Trinajstić information content (AvgIpc) is 2.49. The molecule has 0 radical (unpaired) electrons. The largest absolute Gasteiger partial charge is 0.466 e. The normalized spacial score (nSPS) is 30.0. The average molecular weight is 126 g/mol. The zero-order valence-corrected chi connectivity index (χ0v) is 5.35. The molecule has 0 unspecified atom stereocenters. The number of esters is 1. The predicted molar refractivity (Wildman–Crippen MR) is 31.9 cm³/mol. The minimum Gasteiger partial charge on any atom is -0.466 e. The summed E-state index contributed by atoms with van der Waals surface area (Å²) in [4.78, 5) is 10.7. The van der Waals surface area contributed by atoms with E-state index in [4.69, 9.17) is 4.74 Å². The molecule has 2 heteroatoms. The molecule has 1 spiro atoms. The molecule has 1 saturated heterocycles. The quantitative estimate of drug-likeness (QED) is 0.454. The zero-order chi connectivity index (χ0) is 6.32. The van der Waals surface area contributed by atoms with Gasteiger partial charge in [0.25, 0.3) is 0 Å². The highest BCUT2D eigenvalue weighted by Gasteiger charge is 2.46. The van der Waals surface area contributed by atoms with Crippen molar-refractivity contribution in [2.45, 2.75) is 25.7 Å². The molecule has 2 aliphatic rings. The summed E-state index contributed by atoms with van der Waals surface area (Å²) in [6, 6.07) is 0. The minimum atomic E-state index is 0.0127. The number of hydrogen-bond acceptors (Lipinski definition) is 2. The molecule has 0 bridgehead atoms. The van der Waals surface area contributed by atoms with E-state index in [9.17, 15) is 4.79 Å². The fraction of sp³-hybridized carbons (Fsp3) is 0.857. The summed E-state index contributed by atoms with van der Waals surface area (Å²) in [7, 11) is 0. The summed E-state index contributed by atoms with van der Waals surface area (Å²) in [5.41, 5.74) is 0.426. The molecular weight excluding hydrogens is 116 g/mol. The van der Waals surface area contributed by atoms with Crippen LogP contribution in [0.3, 0.4) is 0 Å². The van der Waals surface area contributed by atoms with Gasteiger partial charge < -0.3 is 4.74 Å². The van der Waals surface area contributed by atoms with Crippen LogP contribution in [0.5, 0.6) is 0 Å². The van der Waals surface area contributed by atoms with Crippen LogP contribution in [0, 0.1) is 5.41 Å². The number of cyclic esters (lactones) is 1. The van der Waals surface area contributed by atoms with Gasteiger partial charge >= 0.3 is 5.97 Å². The first-order valence-corrected chi connectivity index (χ1v) is 3.46. The Morgan fingerprint density at radius 3 is 2.56 bits per heavy atom. The first-order chi connectivity index (χ1) is 4.31. The Balaban J connectivity index is 2.04. The second-order valence-electron chi connectivity index (χ2n) is 3.15. The maximum atomic E-state index is 10.7. The van der Waals surface area contributed by atoms with E-state index in [1.807, 2.05) is 0 Å². The maximum absolute atomic E-state index is 10.7. The lowest BCUT2D eigenvalue weighted by Gasteiger charge is -2.19. The highest BCUT2D eigenvalue weighted by molar-refractivity contribution is 5.71. The Kier molecular flexibility index (Phi) is 0.875. The van der Waals surface area contributed by atoms with Crippen molar-refractivity contribution in [3.63, 3.8) is 0 Å². The first kappa shape index (κ1) is 5.27. The van der Waals surface area contributed by atoms with Crippen molar-refractivity contribution in [3.05, 3.63) is 0 Å². The highest BCUT2D eigenvalue weighted by atomic mass is 16.5. The number of hydrogen-bond donors (Lipinski definition) is 0. The molecule has 9 heavy (non-hydrogen) atoms. The first-order valence-electron chi connectivity index (χ1n) is 3.46. The summed E-state index contributed by atoms with van der Waals surface area (Å²) in [6.07, 6.45) is 4.30. The van der Waals surface area contributed by atoms with Gasteiger partial charge in [-0.3, -0.25) is 4.79 Å². The van der Waals surface area contributed by atoms with Crippen LogP contribution < -0.4 is 0 Å². The van der Waals surface area contributed by atoms with Gasteiger partial charge in [-0.25, -0.2) is 0 Å². The third-order valence-electron chi connectivity index (χ3n) is 2.37. The third kappa shape index (κ3) is 0.824. The van der Waals surface area contributed by atoms with Crippen LogP contribution in [0.4, 0.5) is 0 Å². The molecule has 0 amide bonds. The van der Waals surface area contributed by atoms with E-state index in [2.05, 4.69) is 0 Å². The van der Waals surface area contributed by atoms with Gasteiger partial charge in [0.1, 0.15) is 0 Å². The third-order valence-corrected chi connectivity index (χ3v) is 2.37. The molecule has 0 aromatic heterocycles. The monoisotopic (exact) mass is 126 g/mol. The van der Waals surface area contributed by atoms with E-state index in [-0.39, 0.29) is 5.97 Å². The van der Waals surface area contributed by atoms with E-state index < -0.39 is 0 Å². The molecule has 0 atom stereocenters. The van der Waals surface area contributed by atoms with Gasteiger partial charge in [-0.1, -0.05) is 0 Å². The summed E-state index contributed by atoms with van der Waals surface area (Å²) in [5, 5.41) is 0. The Bertz CT molecular complexity index is 147. The van der Waals surface area contributed by atoms with Crippen molar-refractivity contribution in [3.8, 4) is 0 Å². The van der Waals surface area contributed by atoms with Crippen LogP contribution in [0.25, 0.3) is 0 Å². The van der Waals surface area contributed by atoms with Crippen molar-refractivity contribution in [2.24, 2.45) is 5.41 Å². The highest BCUT2D eigenvalue weighted by Crippen LogP contribution is 2.53. The fourth-order valence-corrected chi connectivity index (χ4v) is 1.43. The topological polar surface area (TPSA) is 26.3 Å².